The Kier molecular flexibility index (Phi) is 4.96. The van der Waals surface area contributed by atoms with Crippen LogP contribution >= 0.6 is 0 Å². The highest BCUT2D eigenvalue weighted by molar-refractivity contribution is 7.90. The Hall–Kier alpha value is -2.54. The van der Waals surface area contributed by atoms with Gasteiger partial charge in [-0.3, -0.25) is 0 Å². The summed E-state index contributed by atoms with van der Waals surface area (Å²) in [4.78, 5) is 15.0. The number of aryl methyl sites for hydroxylation is 1. The first-order valence-electron chi connectivity index (χ1n) is 11.0. The number of carbonyl (C=O) groups excluding carboxylic acids is 1. The zero-order chi connectivity index (χ0) is 21.6. The molecular weight excluding hydrogens is 412 g/mol. The summed E-state index contributed by atoms with van der Waals surface area (Å²) in [6.07, 6.45) is 5.46. The Labute approximate surface area is 183 Å². The van der Waals surface area contributed by atoms with Gasteiger partial charge in [-0.2, -0.15) is 0 Å². The minimum atomic E-state index is -3.22. The van der Waals surface area contributed by atoms with Crippen molar-refractivity contribution in [2.45, 2.75) is 54.6 Å². The summed E-state index contributed by atoms with van der Waals surface area (Å²) in [5.41, 5.74) is 1.98. The molecule has 2 aliphatic heterocycles. The lowest BCUT2D eigenvalue weighted by atomic mass is 9.83. The van der Waals surface area contributed by atoms with Crippen molar-refractivity contribution >= 4 is 15.9 Å². The van der Waals surface area contributed by atoms with Crippen LogP contribution in [0.25, 0.3) is 0 Å². The molecule has 1 spiro atoms. The maximum Gasteiger partial charge on any atom is 0.317 e. The summed E-state index contributed by atoms with van der Waals surface area (Å²) in [5, 5.41) is 3.19. The van der Waals surface area contributed by atoms with E-state index >= 15 is 0 Å². The van der Waals surface area contributed by atoms with Gasteiger partial charge in [-0.05, 0) is 48.6 Å². The number of nitrogens with one attached hydrogen (secondary N) is 1. The van der Waals surface area contributed by atoms with E-state index in [0.29, 0.717) is 23.9 Å². The number of piperidine rings is 1. The van der Waals surface area contributed by atoms with Gasteiger partial charge < -0.3 is 15.0 Å². The number of nitrogens with zero attached hydrogens (tertiary/aromatic N) is 1. The topological polar surface area (TPSA) is 75.7 Å². The van der Waals surface area contributed by atoms with E-state index in [4.69, 9.17) is 4.74 Å². The van der Waals surface area contributed by atoms with Crippen molar-refractivity contribution in [1.82, 2.24) is 10.2 Å². The Morgan fingerprint density at radius 3 is 2.55 bits per heavy atom. The third kappa shape index (κ3) is 4.15. The van der Waals surface area contributed by atoms with E-state index in [1.807, 2.05) is 23.1 Å². The molecule has 31 heavy (non-hydrogen) atoms. The average molecular weight is 441 g/mol. The summed E-state index contributed by atoms with van der Waals surface area (Å²) < 4.78 is 30.0. The number of hydrogen-bond donors (Lipinski definition) is 1. The SMILES string of the molecule is CS(=O)(=O)c1ccc2c(c1)CCC1(CCN(C(=O)N[C@H]3C[C@@H]3c3ccccc3)CC1)O2. The van der Waals surface area contributed by atoms with Crippen LogP contribution in [0.5, 0.6) is 5.75 Å². The molecule has 2 fully saturated rings. The first kappa shape index (κ1) is 20.4. The van der Waals surface area contributed by atoms with Gasteiger partial charge in [0.25, 0.3) is 0 Å². The van der Waals surface area contributed by atoms with Crippen LogP contribution in [0.1, 0.15) is 42.7 Å². The molecular formula is C24H28N2O4S. The van der Waals surface area contributed by atoms with Crippen LogP contribution in [0.3, 0.4) is 0 Å². The van der Waals surface area contributed by atoms with Gasteiger partial charge in [0.05, 0.1) is 4.90 Å². The molecule has 2 aromatic rings. The summed E-state index contributed by atoms with van der Waals surface area (Å²) in [5.74, 6) is 1.21. The first-order chi connectivity index (χ1) is 14.8. The molecule has 2 aromatic carbocycles. The predicted molar refractivity (Wildman–Crippen MR) is 118 cm³/mol. The minimum Gasteiger partial charge on any atom is -0.487 e. The smallest absolute Gasteiger partial charge is 0.317 e. The molecule has 2 atom stereocenters. The Morgan fingerprint density at radius 2 is 1.84 bits per heavy atom. The van der Waals surface area contributed by atoms with E-state index in [1.165, 1.54) is 11.8 Å². The highest BCUT2D eigenvalue weighted by Crippen LogP contribution is 2.42. The van der Waals surface area contributed by atoms with Gasteiger partial charge in [0.1, 0.15) is 11.4 Å². The number of carbonyl (C=O) groups is 1. The van der Waals surface area contributed by atoms with Crippen molar-refractivity contribution in [2.75, 3.05) is 19.3 Å². The van der Waals surface area contributed by atoms with Gasteiger partial charge in [0.15, 0.2) is 9.84 Å². The zero-order valence-corrected chi connectivity index (χ0v) is 18.5. The van der Waals surface area contributed by atoms with Crippen molar-refractivity contribution < 1.29 is 17.9 Å². The van der Waals surface area contributed by atoms with E-state index in [2.05, 4.69) is 17.4 Å². The lowest BCUT2D eigenvalue weighted by molar-refractivity contribution is -0.00562. The second kappa shape index (κ2) is 7.55. The predicted octanol–water partition coefficient (Wildman–Crippen LogP) is 3.52. The van der Waals surface area contributed by atoms with Gasteiger partial charge >= 0.3 is 6.03 Å². The molecule has 1 N–H and O–H groups in total. The number of urea groups is 1. The number of ether oxygens (including phenoxy) is 1. The Balaban J connectivity index is 1.17. The molecule has 0 bridgehead atoms. The van der Waals surface area contributed by atoms with Crippen LogP contribution in [0.2, 0.25) is 0 Å². The van der Waals surface area contributed by atoms with E-state index in [0.717, 1.165) is 43.4 Å². The molecule has 2 amide bonds. The van der Waals surface area contributed by atoms with E-state index < -0.39 is 9.84 Å². The minimum absolute atomic E-state index is 0.0206. The molecule has 1 saturated heterocycles. The molecule has 0 unspecified atom stereocenters. The van der Waals surface area contributed by atoms with E-state index in [9.17, 15) is 13.2 Å². The highest BCUT2D eigenvalue weighted by Gasteiger charge is 2.43. The van der Waals surface area contributed by atoms with Gasteiger partial charge in [-0.25, -0.2) is 13.2 Å². The van der Waals surface area contributed by atoms with Crippen LogP contribution in [-0.4, -0.2) is 50.3 Å². The maximum atomic E-state index is 12.7. The second-order valence-corrected chi connectivity index (χ2v) is 11.1. The average Bonchev–Trinajstić information content (AvgIpc) is 3.53. The second-order valence-electron chi connectivity index (χ2n) is 9.12. The summed E-state index contributed by atoms with van der Waals surface area (Å²) in [6, 6.07) is 15.7. The molecule has 164 valence electrons. The summed E-state index contributed by atoms with van der Waals surface area (Å²) >= 11 is 0. The molecule has 5 rings (SSSR count). The number of hydrogen-bond acceptors (Lipinski definition) is 4. The van der Waals surface area contributed by atoms with E-state index in [-0.39, 0.29) is 17.7 Å². The molecule has 1 aliphatic carbocycles. The molecule has 1 saturated carbocycles. The Bertz CT molecular complexity index is 1090. The quantitative estimate of drug-likeness (QED) is 0.793. The fourth-order valence-corrected chi connectivity index (χ4v) is 5.54. The number of rotatable bonds is 3. The van der Waals surface area contributed by atoms with Crippen molar-refractivity contribution in [2.24, 2.45) is 0 Å². The first-order valence-corrected chi connectivity index (χ1v) is 12.8. The lowest BCUT2D eigenvalue weighted by Gasteiger charge is -2.44. The van der Waals surface area contributed by atoms with Gasteiger partial charge in [-0.15, -0.1) is 0 Å². The molecule has 7 heteroatoms. The molecule has 2 heterocycles. The van der Waals surface area contributed by atoms with Crippen LogP contribution in [0.15, 0.2) is 53.4 Å². The maximum absolute atomic E-state index is 12.7. The van der Waals surface area contributed by atoms with Crippen LogP contribution < -0.4 is 10.1 Å². The molecule has 3 aliphatic rings. The Morgan fingerprint density at radius 1 is 1.10 bits per heavy atom. The zero-order valence-electron chi connectivity index (χ0n) is 17.7. The highest BCUT2D eigenvalue weighted by atomic mass is 32.2. The molecule has 0 aromatic heterocycles. The van der Waals surface area contributed by atoms with Crippen LogP contribution in [0, 0.1) is 0 Å². The van der Waals surface area contributed by atoms with Crippen molar-refractivity contribution in [1.29, 1.82) is 0 Å². The third-order valence-electron chi connectivity index (χ3n) is 6.93. The lowest BCUT2D eigenvalue weighted by Crippen LogP contribution is -2.53. The van der Waals surface area contributed by atoms with Crippen LogP contribution in [-0.2, 0) is 16.3 Å². The number of likely N-dealkylation sites (tertiary alicyclic amines) is 1. The van der Waals surface area contributed by atoms with Gasteiger partial charge in [-0.1, -0.05) is 30.3 Å². The van der Waals surface area contributed by atoms with Crippen LogP contribution in [0.4, 0.5) is 4.79 Å². The number of sulfone groups is 1. The van der Waals surface area contributed by atoms with Crippen molar-refractivity contribution in [3.05, 3.63) is 59.7 Å². The fraction of sp³-hybridized carbons (Fsp3) is 0.458. The van der Waals surface area contributed by atoms with Gasteiger partial charge in [0, 0.05) is 44.1 Å². The largest absolute Gasteiger partial charge is 0.487 e. The molecule has 0 radical (unpaired) electrons. The third-order valence-corrected chi connectivity index (χ3v) is 8.04. The summed E-state index contributed by atoms with van der Waals surface area (Å²) in [7, 11) is -3.22. The van der Waals surface area contributed by atoms with Gasteiger partial charge in [0.2, 0.25) is 0 Å². The van der Waals surface area contributed by atoms with Crippen molar-refractivity contribution in [3.63, 3.8) is 0 Å². The number of amides is 2. The number of fused-ring (bicyclic) bond motifs is 1. The standard InChI is InChI=1S/C24H28N2O4S/c1-31(28,29)19-7-8-22-18(15-19)9-10-24(30-22)11-13-26(14-12-24)23(27)25-21-16-20(21)17-5-3-2-4-6-17/h2-8,15,20-21H,9-14,16H2,1H3,(H,25,27)/t20-,21+/m1/s1. The summed E-state index contributed by atoms with van der Waals surface area (Å²) in [6.45, 7) is 1.34. The molecule has 6 nitrogen and oxygen atoms in total. The normalized spacial score (nSPS) is 24.2. The van der Waals surface area contributed by atoms with Crippen molar-refractivity contribution in [3.8, 4) is 5.75 Å². The monoisotopic (exact) mass is 440 g/mol. The number of benzene rings is 2. The fourth-order valence-electron chi connectivity index (χ4n) is 4.87. The van der Waals surface area contributed by atoms with E-state index in [1.54, 1.807) is 18.2 Å².